The van der Waals surface area contributed by atoms with Gasteiger partial charge in [0.15, 0.2) is 0 Å². The summed E-state index contributed by atoms with van der Waals surface area (Å²) in [5.74, 6) is 1.08. The molecule has 2 aliphatic rings. The van der Waals surface area contributed by atoms with Crippen molar-refractivity contribution >= 4 is 23.1 Å². The van der Waals surface area contributed by atoms with Crippen molar-refractivity contribution in [3.8, 4) is 0 Å². The number of carbonyl (C=O) groups excluding carboxylic acids is 1. The maximum atomic E-state index is 12.4. The number of nitrogens with one attached hydrogen (secondary N) is 1. The minimum absolute atomic E-state index is 0.180. The smallest absolute Gasteiger partial charge is 0.223 e. The number of thiocarbonyl (C=S) groups is 1. The Kier molecular flexibility index (Phi) is 4.82. The summed E-state index contributed by atoms with van der Waals surface area (Å²) in [6.07, 6.45) is 9.67. The Balaban J connectivity index is 2.00. The highest BCUT2D eigenvalue weighted by atomic mass is 32.1. The number of nitrogens with two attached hydrogens (primary N) is 1. The van der Waals surface area contributed by atoms with Crippen LogP contribution in [0.25, 0.3) is 0 Å². The Labute approximate surface area is 121 Å². The molecule has 0 bridgehead atoms. The van der Waals surface area contributed by atoms with Crippen LogP contribution < -0.4 is 11.1 Å². The number of hydrogen-bond acceptors (Lipinski definition) is 2. The first-order chi connectivity index (χ1) is 9.03. The molecule has 108 valence electrons. The maximum Gasteiger partial charge on any atom is 0.223 e. The van der Waals surface area contributed by atoms with Crippen LogP contribution >= 0.6 is 12.2 Å². The Morgan fingerprint density at radius 1 is 1.16 bits per heavy atom. The Bertz CT molecular complexity index is 342. The highest BCUT2D eigenvalue weighted by Gasteiger charge is 2.39. The van der Waals surface area contributed by atoms with Crippen LogP contribution in [0.1, 0.15) is 64.7 Å². The Morgan fingerprint density at radius 2 is 1.74 bits per heavy atom. The first kappa shape index (κ1) is 14.8. The van der Waals surface area contributed by atoms with Crippen LogP contribution in [-0.4, -0.2) is 16.4 Å². The highest BCUT2D eigenvalue weighted by molar-refractivity contribution is 7.80. The van der Waals surface area contributed by atoms with Crippen LogP contribution in [-0.2, 0) is 4.79 Å². The summed E-state index contributed by atoms with van der Waals surface area (Å²) in [5.41, 5.74) is 5.54. The predicted octanol–water partition coefficient (Wildman–Crippen LogP) is 2.92. The molecular weight excluding hydrogens is 256 g/mol. The average Bonchev–Trinajstić information content (AvgIpc) is 2.42. The van der Waals surface area contributed by atoms with Gasteiger partial charge in [0.2, 0.25) is 5.91 Å². The molecule has 0 aromatic rings. The molecule has 0 radical (unpaired) electrons. The lowest BCUT2D eigenvalue weighted by molar-refractivity contribution is -0.127. The third kappa shape index (κ3) is 3.47. The molecule has 0 saturated heterocycles. The lowest BCUT2D eigenvalue weighted by Gasteiger charge is -2.40. The average molecular weight is 282 g/mol. The monoisotopic (exact) mass is 282 g/mol. The van der Waals surface area contributed by atoms with Crippen molar-refractivity contribution < 1.29 is 4.79 Å². The molecule has 3 N–H and O–H groups in total. The normalized spacial score (nSPS) is 32.8. The van der Waals surface area contributed by atoms with Crippen molar-refractivity contribution in [2.75, 3.05) is 0 Å². The summed E-state index contributed by atoms with van der Waals surface area (Å²) in [6, 6.07) is 0. The van der Waals surface area contributed by atoms with Gasteiger partial charge >= 0.3 is 0 Å². The second-order valence-electron chi connectivity index (χ2n) is 6.45. The molecule has 0 aliphatic heterocycles. The second kappa shape index (κ2) is 6.21. The van der Waals surface area contributed by atoms with Gasteiger partial charge in [0, 0.05) is 5.92 Å². The maximum absolute atomic E-state index is 12.4. The topological polar surface area (TPSA) is 55.1 Å². The van der Waals surface area contributed by atoms with E-state index in [0.29, 0.717) is 10.9 Å². The van der Waals surface area contributed by atoms with Crippen molar-refractivity contribution in [3.05, 3.63) is 0 Å². The standard InChI is InChI=1S/C15H26N2OS/c1-11-7-9-15(10-8-11,14(16)19)17-13(18)12-5-3-2-4-6-12/h11-12H,2-10H2,1H3,(H2,16,19)(H,17,18). The van der Waals surface area contributed by atoms with Crippen LogP contribution in [0.5, 0.6) is 0 Å². The Hall–Kier alpha value is -0.640. The molecule has 0 aromatic carbocycles. The molecule has 2 aliphatic carbocycles. The van der Waals surface area contributed by atoms with E-state index in [0.717, 1.165) is 38.5 Å². The third-order valence-corrected chi connectivity index (χ3v) is 5.33. The predicted molar refractivity (Wildman–Crippen MR) is 81.9 cm³/mol. The van der Waals surface area contributed by atoms with Gasteiger partial charge in [0.25, 0.3) is 0 Å². The van der Waals surface area contributed by atoms with Crippen molar-refractivity contribution in [1.29, 1.82) is 0 Å². The van der Waals surface area contributed by atoms with Crippen LogP contribution in [0.2, 0.25) is 0 Å². The molecular formula is C15H26N2OS. The van der Waals surface area contributed by atoms with E-state index in [-0.39, 0.29) is 11.8 Å². The lowest BCUT2D eigenvalue weighted by atomic mass is 9.76. The molecule has 2 rings (SSSR count). The highest BCUT2D eigenvalue weighted by Crippen LogP contribution is 2.33. The van der Waals surface area contributed by atoms with E-state index in [1.165, 1.54) is 19.3 Å². The van der Waals surface area contributed by atoms with Gasteiger partial charge in [-0.25, -0.2) is 0 Å². The molecule has 2 fully saturated rings. The first-order valence-corrected chi connectivity index (χ1v) is 8.06. The molecule has 0 spiro atoms. The third-order valence-electron chi connectivity index (χ3n) is 4.94. The van der Waals surface area contributed by atoms with Crippen LogP contribution in [0.3, 0.4) is 0 Å². The number of rotatable bonds is 3. The van der Waals surface area contributed by atoms with Gasteiger partial charge in [-0.3, -0.25) is 4.79 Å². The van der Waals surface area contributed by atoms with Gasteiger partial charge in [-0.15, -0.1) is 0 Å². The van der Waals surface area contributed by atoms with E-state index in [1.54, 1.807) is 0 Å². The molecule has 3 nitrogen and oxygen atoms in total. The zero-order valence-corrected chi connectivity index (χ0v) is 12.7. The summed E-state index contributed by atoms with van der Waals surface area (Å²) in [7, 11) is 0. The van der Waals surface area contributed by atoms with E-state index >= 15 is 0 Å². The Morgan fingerprint density at radius 3 is 2.26 bits per heavy atom. The van der Waals surface area contributed by atoms with E-state index in [4.69, 9.17) is 18.0 Å². The van der Waals surface area contributed by atoms with Crippen molar-refractivity contribution in [2.24, 2.45) is 17.6 Å². The number of hydrogen-bond donors (Lipinski definition) is 2. The summed E-state index contributed by atoms with van der Waals surface area (Å²) >= 11 is 5.25. The minimum atomic E-state index is -0.406. The number of carbonyl (C=O) groups is 1. The molecule has 19 heavy (non-hydrogen) atoms. The first-order valence-electron chi connectivity index (χ1n) is 7.65. The summed E-state index contributed by atoms with van der Waals surface area (Å²) < 4.78 is 0. The fraction of sp³-hybridized carbons (Fsp3) is 0.867. The fourth-order valence-corrected chi connectivity index (χ4v) is 3.65. The zero-order valence-electron chi connectivity index (χ0n) is 11.9. The van der Waals surface area contributed by atoms with Gasteiger partial charge in [0.1, 0.15) is 0 Å². The number of amides is 1. The molecule has 0 heterocycles. The molecule has 0 aromatic heterocycles. The van der Waals surface area contributed by atoms with Crippen LogP contribution in [0.4, 0.5) is 0 Å². The van der Waals surface area contributed by atoms with E-state index < -0.39 is 5.54 Å². The molecule has 0 atom stereocenters. The van der Waals surface area contributed by atoms with Gasteiger partial charge in [-0.05, 0) is 44.4 Å². The van der Waals surface area contributed by atoms with Gasteiger partial charge in [-0.2, -0.15) is 0 Å². The fourth-order valence-electron chi connectivity index (χ4n) is 3.39. The summed E-state index contributed by atoms with van der Waals surface area (Å²) in [4.78, 5) is 12.9. The van der Waals surface area contributed by atoms with E-state index in [9.17, 15) is 4.79 Å². The molecule has 0 unspecified atom stereocenters. The molecule has 2 saturated carbocycles. The molecule has 1 amide bonds. The van der Waals surface area contributed by atoms with Crippen molar-refractivity contribution in [3.63, 3.8) is 0 Å². The minimum Gasteiger partial charge on any atom is -0.391 e. The largest absolute Gasteiger partial charge is 0.391 e. The van der Waals surface area contributed by atoms with E-state index in [1.807, 2.05) is 0 Å². The van der Waals surface area contributed by atoms with Gasteiger partial charge in [-0.1, -0.05) is 38.4 Å². The summed E-state index contributed by atoms with van der Waals surface area (Å²) in [6.45, 7) is 2.26. The SMILES string of the molecule is CC1CCC(NC(=O)C2CCCCC2)(C(N)=S)CC1. The molecule has 4 heteroatoms. The van der Waals surface area contributed by atoms with Crippen molar-refractivity contribution in [1.82, 2.24) is 5.32 Å². The van der Waals surface area contributed by atoms with Gasteiger partial charge < -0.3 is 11.1 Å². The van der Waals surface area contributed by atoms with Crippen LogP contribution in [0.15, 0.2) is 0 Å². The van der Waals surface area contributed by atoms with Crippen molar-refractivity contribution in [2.45, 2.75) is 70.3 Å². The second-order valence-corrected chi connectivity index (χ2v) is 6.89. The quantitative estimate of drug-likeness (QED) is 0.783. The zero-order chi connectivity index (χ0) is 13.9. The lowest BCUT2D eigenvalue weighted by Crippen LogP contribution is -2.59. The van der Waals surface area contributed by atoms with Gasteiger partial charge in [0.05, 0.1) is 10.5 Å². The van der Waals surface area contributed by atoms with E-state index in [2.05, 4.69) is 12.2 Å². The van der Waals surface area contributed by atoms with Crippen LogP contribution in [0, 0.1) is 11.8 Å². The summed E-state index contributed by atoms with van der Waals surface area (Å²) in [5, 5.41) is 3.22.